The molecule has 0 radical (unpaired) electrons. The van der Waals surface area contributed by atoms with Crippen LogP contribution in [0.5, 0.6) is 0 Å². The molecule has 23 heavy (non-hydrogen) atoms. The summed E-state index contributed by atoms with van der Waals surface area (Å²) in [5.41, 5.74) is 3.87. The number of aromatic nitrogens is 1. The zero-order valence-corrected chi connectivity index (χ0v) is 14.0. The summed E-state index contributed by atoms with van der Waals surface area (Å²) in [6.45, 7) is 7.20. The van der Waals surface area contributed by atoms with Gasteiger partial charge in [0, 0.05) is 36.1 Å². The van der Waals surface area contributed by atoms with Gasteiger partial charge in [0.25, 0.3) is 5.91 Å². The number of carbonyl (C=O) groups is 1. The molecular weight excluding hydrogens is 288 g/mol. The van der Waals surface area contributed by atoms with Gasteiger partial charge in [0.05, 0.1) is 11.7 Å². The molecule has 1 aromatic carbocycles. The maximum absolute atomic E-state index is 12.9. The Morgan fingerprint density at radius 1 is 1.26 bits per heavy atom. The molecule has 0 saturated carbocycles. The van der Waals surface area contributed by atoms with E-state index < -0.39 is 0 Å². The van der Waals surface area contributed by atoms with Crippen molar-refractivity contribution >= 4 is 5.91 Å². The fraction of sp³-hybridized carbons (Fsp3) is 0.421. The summed E-state index contributed by atoms with van der Waals surface area (Å²) in [4.78, 5) is 14.7. The number of para-hydroxylation sites is 1. The van der Waals surface area contributed by atoms with Crippen LogP contribution in [0.4, 0.5) is 0 Å². The normalized spacial score (nSPS) is 19.1. The average Bonchev–Trinajstić information content (AvgIpc) is 3.13. The molecule has 3 rings (SSSR count). The van der Waals surface area contributed by atoms with Crippen LogP contribution >= 0.6 is 0 Å². The molecule has 4 heteroatoms. The van der Waals surface area contributed by atoms with Crippen molar-refractivity contribution < 1.29 is 9.90 Å². The van der Waals surface area contributed by atoms with Crippen LogP contribution in [0.25, 0.3) is 5.69 Å². The largest absolute Gasteiger partial charge is 0.393 e. The van der Waals surface area contributed by atoms with Gasteiger partial charge in [-0.2, -0.15) is 0 Å². The van der Waals surface area contributed by atoms with E-state index in [2.05, 4.69) is 4.57 Å². The van der Waals surface area contributed by atoms with Crippen LogP contribution in [0.1, 0.15) is 35.1 Å². The van der Waals surface area contributed by atoms with Gasteiger partial charge >= 0.3 is 0 Å². The van der Waals surface area contributed by atoms with E-state index >= 15 is 0 Å². The SMILES string of the molecule is Cc1cc(C(=O)N2CCC(C(C)O)C2)c(C)n1-c1ccccc1. The van der Waals surface area contributed by atoms with E-state index in [0.29, 0.717) is 6.54 Å². The maximum atomic E-state index is 12.9. The number of benzene rings is 1. The number of carbonyl (C=O) groups excluding carboxylic acids is 1. The van der Waals surface area contributed by atoms with Crippen molar-refractivity contribution in [3.8, 4) is 5.69 Å². The molecule has 2 atom stereocenters. The van der Waals surface area contributed by atoms with Gasteiger partial charge in [-0.1, -0.05) is 18.2 Å². The molecule has 1 aromatic heterocycles. The third kappa shape index (κ3) is 2.91. The first-order chi connectivity index (χ1) is 11.0. The molecule has 0 aliphatic carbocycles. The minimum Gasteiger partial charge on any atom is -0.393 e. The molecule has 122 valence electrons. The topological polar surface area (TPSA) is 45.5 Å². The average molecular weight is 312 g/mol. The van der Waals surface area contributed by atoms with E-state index in [9.17, 15) is 9.90 Å². The van der Waals surface area contributed by atoms with E-state index in [-0.39, 0.29) is 17.9 Å². The van der Waals surface area contributed by atoms with Crippen molar-refractivity contribution in [3.05, 3.63) is 53.3 Å². The minimum atomic E-state index is -0.357. The number of hydrogen-bond donors (Lipinski definition) is 1. The van der Waals surface area contributed by atoms with Crippen LogP contribution in [0.3, 0.4) is 0 Å². The Balaban J connectivity index is 1.89. The number of likely N-dealkylation sites (tertiary alicyclic amines) is 1. The van der Waals surface area contributed by atoms with E-state index in [1.807, 2.05) is 55.1 Å². The van der Waals surface area contributed by atoms with Crippen LogP contribution in [-0.4, -0.2) is 39.7 Å². The zero-order valence-electron chi connectivity index (χ0n) is 14.0. The molecule has 1 aliphatic heterocycles. The van der Waals surface area contributed by atoms with Crippen molar-refractivity contribution in [1.82, 2.24) is 9.47 Å². The Morgan fingerprint density at radius 3 is 2.57 bits per heavy atom. The van der Waals surface area contributed by atoms with Gasteiger partial charge < -0.3 is 14.6 Å². The second-order valence-corrected chi connectivity index (χ2v) is 6.50. The molecule has 1 fully saturated rings. The highest BCUT2D eigenvalue weighted by molar-refractivity contribution is 5.96. The van der Waals surface area contributed by atoms with Gasteiger partial charge in [-0.25, -0.2) is 0 Å². The highest BCUT2D eigenvalue weighted by Crippen LogP contribution is 2.25. The number of aryl methyl sites for hydroxylation is 1. The Bertz CT molecular complexity index is 704. The van der Waals surface area contributed by atoms with E-state index in [1.165, 1.54) is 0 Å². The monoisotopic (exact) mass is 312 g/mol. The van der Waals surface area contributed by atoms with E-state index in [1.54, 1.807) is 6.92 Å². The Hall–Kier alpha value is -2.07. The van der Waals surface area contributed by atoms with Crippen molar-refractivity contribution in [2.45, 2.75) is 33.3 Å². The zero-order chi connectivity index (χ0) is 16.6. The first kappa shape index (κ1) is 15.8. The molecule has 1 aliphatic rings. The van der Waals surface area contributed by atoms with Crippen molar-refractivity contribution in [2.75, 3.05) is 13.1 Å². The summed E-state index contributed by atoms with van der Waals surface area (Å²) in [6.07, 6.45) is 0.519. The predicted octanol–water partition coefficient (Wildman–Crippen LogP) is 2.94. The quantitative estimate of drug-likeness (QED) is 0.947. The second-order valence-electron chi connectivity index (χ2n) is 6.50. The summed E-state index contributed by atoms with van der Waals surface area (Å²) >= 11 is 0. The minimum absolute atomic E-state index is 0.0726. The number of aliphatic hydroxyl groups excluding tert-OH is 1. The second kappa shape index (κ2) is 6.20. The van der Waals surface area contributed by atoms with Crippen LogP contribution in [0, 0.1) is 19.8 Å². The first-order valence-corrected chi connectivity index (χ1v) is 8.20. The molecule has 1 amide bonds. The van der Waals surface area contributed by atoms with Gasteiger partial charge in [-0.3, -0.25) is 4.79 Å². The van der Waals surface area contributed by atoms with E-state index in [0.717, 1.165) is 35.6 Å². The molecule has 2 unspecified atom stereocenters. The van der Waals surface area contributed by atoms with Crippen molar-refractivity contribution in [3.63, 3.8) is 0 Å². The highest BCUT2D eigenvalue weighted by Gasteiger charge is 2.31. The van der Waals surface area contributed by atoms with Gasteiger partial charge in [0.15, 0.2) is 0 Å². The number of amides is 1. The highest BCUT2D eigenvalue weighted by atomic mass is 16.3. The van der Waals surface area contributed by atoms with Gasteiger partial charge in [-0.05, 0) is 45.4 Å². The predicted molar refractivity (Wildman–Crippen MR) is 90.9 cm³/mol. The van der Waals surface area contributed by atoms with Crippen LogP contribution in [0.2, 0.25) is 0 Å². The molecule has 0 bridgehead atoms. The third-order valence-electron chi connectivity index (χ3n) is 4.87. The molecule has 1 saturated heterocycles. The lowest BCUT2D eigenvalue weighted by Crippen LogP contribution is -2.30. The molecule has 2 aromatic rings. The number of nitrogens with zero attached hydrogens (tertiary/aromatic N) is 2. The Kier molecular flexibility index (Phi) is 4.26. The lowest BCUT2D eigenvalue weighted by atomic mass is 10.0. The van der Waals surface area contributed by atoms with Gasteiger partial charge in [-0.15, -0.1) is 0 Å². The molecular formula is C19H24N2O2. The summed E-state index contributed by atoms with van der Waals surface area (Å²) in [5, 5.41) is 9.73. The fourth-order valence-electron chi connectivity index (χ4n) is 3.49. The summed E-state index contributed by atoms with van der Waals surface area (Å²) < 4.78 is 2.12. The van der Waals surface area contributed by atoms with Crippen LogP contribution < -0.4 is 0 Å². The Labute approximate surface area is 137 Å². The lowest BCUT2D eigenvalue weighted by Gasteiger charge is -2.18. The molecule has 0 spiro atoms. The first-order valence-electron chi connectivity index (χ1n) is 8.20. The fourth-order valence-corrected chi connectivity index (χ4v) is 3.49. The third-order valence-corrected chi connectivity index (χ3v) is 4.87. The number of aliphatic hydroxyl groups is 1. The van der Waals surface area contributed by atoms with Gasteiger partial charge in [0.1, 0.15) is 0 Å². The van der Waals surface area contributed by atoms with Crippen molar-refractivity contribution in [1.29, 1.82) is 0 Å². The van der Waals surface area contributed by atoms with E-state index in [4.69, 9.17) is 0 Å². The Morgan fingerprint density at radius 2 is 1.96 bits per heavy atom. The maximum Gasteiger partial charge on any atom is 0.255 e. The number of hydrogen-bond acceptors (Lipinski definition) is 2. The summed E-state index contributed by atoms with van der Waals surface area (Å²) in [6, 6.07) is 12.1. The molecule has 2 heterocycles. The van der Waals surface area contributed by atoms with Crippen molar-refractivity contribution in [2.24, 2.45) is 5.92 Å². The molecule has 1 N–H and O–H groups in total. The lowest BCUT2D eigenvalue weighted by molar-refractivity contribution is 0.0762. The van der Waals surface area contributed by atoms with Crippen LogP contribution in [0.15, 0.2) is 36.4 Å². The molecule has 4 nitrogen and oxygen atoms in total. The number of rotatable bonds is 3. The van der Waals surface area contributed by atoms with Gasteiger partial charge in [0.2, 0.25) is 0 Å². The standard InChI is InChI=1S/C19H24N2O2/c1-13-11-18(14(2)21(13)17-7-5-4-6-8-17)19(23)20-10-9-16(12-20)15(3)22/h4-8,11,15-16,22H,9-10,12H2,1-3H3. The smallest absolute Gasteiger partial charge is 0.255 e. The summed E-state index contributed by atoms with van der Waals surface area (Å²) in [5.74, 6) is 0.264. The van der Waals surface area contributed by atoms with Crippen LogP contribution in [-0.2, 0) is 0 Å². The summed E-state index contributed by atoms with van der Waals surface area (Å²) in [7, 11) is 0.